The summed E-state index contributed by atoms with van der Waals surface area (Å²) in [6, 6.07) is 17.9. The van der Waals surface area contributed by atoms with Gasteiger partial charge in [0.1, 0.15) is 5.60 Å². The Morgan fingerprint density at radius 3 is 2.17 bits per heavy atom. The van der Waals surface area contributed by atoms with Crippen molar-refractivity contribution in [2.45, 2.75) is 52.7 Å². The maximum absolute atomic E-state index is 12.3. The summed E-state index contributed by atoms with van der Waals surface area (Å²) in [4.78, 5) is 24.3. The third-order valence-electron chi connectivity index (χ3n) is 4.27. The normalized spacial score (nSPS) is 12.8. The van der Waals surface area contributed by atoms with E-state index in [1.165, 1.54) is 0 Å². The summed E-state index contributed by atoms with van der Waals surface area (Å²) >= 11 is 0. The summed E-state index contributed by atoms with van der Waals surface area (Å²) < 4.78 is 10.4. The number of esters is 1. The number of carbonyl (C=O) groups is 2. The Bertz CT molecular complexity index is 864. The lowest BCUT2D eigenvalue weighted by atomic mass is 10.00. The molecule has 0 spiro atoms. The standard InChI is InChI=1S/C25H31NO4/c1-6-29-23(27)18(2)16-22(26-24(28)30-25(3,4)5)17-19-12-14-21(15-13-19)20-10-8-7-9-11-20/h7-16,22H,6,17H2,1-5H3,(H,26,28)/t22-/m0/s1. The Labute approximate surface area is 179 Å². The molecular formula is C25H31NO4. The van der Waals surface area contributed by atoms with Crippen LogP contribution in [0.4, 0.5) is 4.79 Å². The van der Waals surface area contributed by atoms with Gasteiger partial charge >= 0.3 is 12.1 Å². The molecule has 5 nitrogen and oxygen atoms in total. The highest BCUT2D eigenvalue weighted by molar-refractivity contribution is 5.88. The van der Waals surface area contributed by atoms with Gasteiger partial charge in [0.15, 0.2) is 0 Å². The number of ether oxygens (including phenoxy) is 2. The molecule has 160 valence electrons. The number of hydrogen-bond acceptors (Lipinski definition) is 4. The van der Waals surface area contributed by atoms with E-state index >= 15 is 0 Å². The fourth-order valence-corrected chi connectivity index (χ4v) is 2.94. The van der Waals surface area contributed by atoms with Gasteiger partial charge in [-0.2, -0.15) is 0 Å². The van der Waals surface area contributed by atoms with Gasteiger partial charge in [0, 0.05) is 5.57 Å². The predicted octanol–water partition coefficient (Wildman–Crippen LogP) is 5.30. The van der Waals surface area contributed by atoms with Gasteiger partial charge in [-0.05, 0) is 57.7 Å². The minimum Gasteiger partial charge on any atom is -0.463 e. The molecule has 0 aromatic heterocycles. The Morgan fingerprint density at radius 1 is 1.00 bits per heavy atom. The van der Waals surface area contributed by atoms with E-state index in [4.69, 9.17) is 9.47 Å². The van der Waals surface area contributed by atoms with Crippen molar-refractivity contribution < 1.29 is 19.1 Å². The van der Waals surface area contributed by atoms with Gasteiger partial charge in [0.05, 0.1) is 12.6 Å². The van der Waals surface area contributed by atoms with Crippen LogP contribution in [-0.2, 0) is 20.7 Å². The minimum absolute atomic E-state index is 0.301. The van der Waals surface area contributed by atoms with Crippen molar-refractivity contribution in [1.29, 1.82) is 0 Å². The summed E-state index contributed by atoms with van der Waals surface area (Å²) in [6.07, 6.45) is 1.71. The maximum atomic E-state index is 12.3. The van der Waals surface area contributed by atoms with Crippen molar-refractivity contribution >= 4 is 12.1 Å². The maximum Gasteiger partial charge on any atom is 0.408 e. The SMILES string of the molecule is CCOC(=O)C(C)=C[C@@H](Cc1ccc(-c2ccccc2)cc1)NC(=O)OC(C)(C)C. The first-order valence-corrected chi connectivity index (χ1v) is 10.2. The van der Waals surface area contributed by atoms with Gasteiger partial charge in [0.2, 0.25) is 0 Å². The number of rotatable bonds is 7. The molecule has 2 aromatic rings. The lowest BCUT2D eigenvalue weighted by Gasteiger charge is -2.23. The molecule has 1 amide bonds. The second kappa shape index (κ2) is 10.6. The molecule has 1 N–H and O–H groups in total. The molecule has 0 saturated heterocycles. The first-order valence-electron chi connectivity index (χ1n) is 10.2. The lowest BCUT2D eigenvalue weighted by Crippen LogP contribution is -2.39. The molecular weight excluding hydrogens is 378 g/mol. The van der Waals surface area contributed by atoms with Crippen LogP contribution in [0.15, 0.2) is 66.2 Å². The van der Waals surface area contributed by atoms with Crippen molar-refractivity contribution in [3.8, 4) is 11.1 Å². The molecule has 2 rings (SSSR count). The first-order chi connectivity index (χ1) is 14.2. The second-order valence-electron chi connectivity index (χ2n) is 8.09. The van der Waals surface area contributed by atoms with Gasteiger partial charge in [-0.15, -0.1) is 0 Å². The zero-order valence-corrected chi connectivity index (χ0v) is 18.4. The highest BCUT2D eigenvalue weighted by Gasteiger charge is 2.20. The van der Waals surface area contributed by atoms with Crippen LogP contribution in [0.2, 0.25) is 0 Å². The van der Waals surface area contributed by atoms with E-state index < -0.39 is 23.7 Å². The monoisotopic (exact) mass is 409 g/mol. The van der Waals surface area contributed by atoms with Crippen LogP contribution in [0.25, 0.3) is 11.1 Å². The molecule has 0 unspecified atom stereocenters. The molecule has 1 atom stereocenters. The average Bonchev–Trinajstić information content (AvgIpc) is 2.68. The lowest BCUT2D eigenvalue weighted by molar-refractivity contribution is -0.138. The number of hydrogen-bond donors (Lipinski definition) is 1. The number of nitrogens with one attached hydrogen (secondary N) is 1. The fraction of sp³-hybridized carbons (Fsp3) is 0.360. The number of carbonyl (C=O) groups excluding carboxylic acids is 2. The van der Waals surface area contributed by atoms with Gasteiger partial charge in [-0.3, -0.25) is 0 Å². The largest absolute Gasteiger partial charge is 0.463 e. The summed E-state index contributed by atoms with van der Waals surface area (Å²) in [5.74, 6) is -0.395. The Balaban J connectivity index is 2.18. The molecule has 0 fully saturated rings. The molecule has 30 heavy (non-hydrogen) atoms. The van der Waals surface area contributed by atoms with Crippen LogP contribution in [0.1, 0.15) is 40.2 Å². The van der Waals surface area contributed by atoms with Crippen LogP contribution in [0.3, 0.4) is 0 Å². The summed E-state index contributed by atoms with van der Waals surface area (Å²) in [7, 11) is 0. The topological polar surface area (TPSA) is 64.6 Å². The van der Waals surface area contributed by atoms with E-state index in [1.54, 1.807) is 19.9 Å². The number of amides is 1. The minimum atomic E-state index is -0.605. The molecule has 0 bridgehead atoms. The molecule has 2 aromatic carbocycles. The number of benzene rings is 2. The number of alkyl carbamates (subject to hydrolysis) is 1. The molecule has 0 aliphatic heterocycles. The average molecular weight is 410 g/mol. The molecule has 0 radical (unpaired) electrons. The first kappa shape index (κ1) is 23.2. The Hall–Kier alpha value is -3.08. The molecule has 0 heterocycles. The zero-order valence-electron chi connectivity index (χ0n) is 18.4. The van der Waals surface area contributed by atoms with E-state index in [1.807, 2.05) is 51.1 Å². The predicted molar refractivity (Wildman–Crippen MR) is 119 cm³/mol. The van der Waals surface area contributed by atoms with E-state index in [-0.39, 0.29) is 0 Å². The molecule has 0 aliphatic rings. The second-order valence-corrected chi connectivity index (χ2v) is 8.09. The van der Waals surface area contributed by atoms with Crippen LogP contribution in [-0.4, -0.2) is 30.3 Å². The van der Waals surface area contributed by atoms with E-state index in [0.717, 1.165) is 16.7 Å². The van der Waals surface area contributed by atoms with E-state index in [0.29, 0.717) is 18.6 Å². The fourth-order valence-electron chi connectivity index (χ4n) is 2.94. The highest BCUT2D eigenvalue weighted by Crippen LogP contribution is 2.20. The van der Waals surface area contributed by atoms with Crippen molar-refractivity contribution in [2.24, 2.45) is 0 Å². The summed E-state index contributed by atoms with van der Waals surface area (Å²) in [6.45, 7) is 9.17. The van der Waals surface area contributed by atoms with Crippen LogP contribution in [0.5, 0.6) is 0 Å². The highest BCUT2D eigenvalue weighted by atomic mass is 16.6. The van der Waals surface area contributed by atoms with Crippen molar-refractivity contribution in [3.63, 3.8) is 0 Å². The summed E-state index contributed by atoms with van der Waals surface area (Å²) in [5.41, 5.74) is 3.13. The van der Waals surface area contributed by atoms with Crippen molar-refractivity contribution in [1.82, 2.24) is 5.32 Å². The van der Waals surface area contributed by atoms with E-state index in [9.17, 15) is 9.59 Å². The van der Waals surface area contributed by atoms with Crippen LogP contribution in [0, 0.1) is 0 Å². The molecule has 0 saturated carbocycles. The summed E-state index contributed by atoms with van der Waals surface area (Å²) in [5, 5.41) is 2.85. The Morgan fingerprint density at radius 2 is 1.60 bits per heavy atom. The quantitative estimate of drug-likeness (QED) is 0.498. The smallest absolute Gasteiger partial charge is 0.408 e. The zero-order chi connectivity index (χ0) is 22.1. The molecule has 0 aliphatic carbocycles. The molecule has 5 heteroatoms. The van der Waals surface area contributed by atoms with Gasteiger partial charge in [-0.1, -0.05) is 60.7 Å². The van der Waals surface area contributed by atoms with Crippen molar-refractivity contribution in [3.05, 3.63) is 71.8 Å². The van der Waals surface area contributed by atoms with Crippen LogP contribution < -0.4 is 5.32 Å². The van der Waals surface area contributed by atoms with Gasteiger partial charge < -0.3 is 14.8 Å². The van der Waals surface area contributed by atoms with Crippen molar-refractivity contribution in [2.75, 3.05) is 6.61 Å². The van der Waals surface area contributed by atoms with E-state index in [2.05, 4.69) is 29.6 Å². The third kappa shape index (κ3) is 7.74. The Kier molecular flexibility index (Phi) is 8.22. The third-order valence-corrected chi connectivity index (χ3v) is 4.27. The van der Waals surface area contributed by atoms with Gasteiger partial charge in [-0.25, -0.2) is 9.59 Å². The van der Waals surface area contributed by atoms with Crippen LogP contribution >= 0.6 is 0 Å². The van der Waals surface area contributed by atoms with Gasteiger partial charge in [0.25, 0.3) is 0 Å².